The molecule has 0 saturated heterocycles. The Labute approximate surface area is 109 Å². The van der Waals surface area contributed by atoms with Crippen LogP contribution in [0.1, 0.15) is 11.1 Å². The number of benzene rings is 2. The Morgan fingerprint density at radius 2 is 1.89 bits per heavy atom. The molecule has 3 rings (SSSR count). The summed E-state index contributed by atoms with van der Waals surface area (Å²) in [6.45, 7) is 1.14. The highest BCUT2D eigenvalue weighted by atomic mass is 16.6. The van der Waals surface area contributed by atoms with Gasteiger partial charge in [-0.05, 0) is 23.8 Å². The molecule has 96 valence electrons. The van der Waals surface area contributed by atoms with Crippen molar-refractivity contribution in [2.75, 3.05) is 0 Å². The molecule has 5 nitrogen and oxygen atoms in total. The first-order valence-electron chi connectivity index (χ1n) is 5.85. The molecule has 0 amide bonds. The van der Waals surface area contributed by atoms with Crippen LogP contribution < -0.4 is 4.74 Å². The minimum Gasteiger partial charge on any atom is -0.457 e. The van der Waals surface area contributed by atoms with Crippen molar-refractivity contribution in [3.8, 4) is 11.5 Å². The molecule has 0 aliphatic carbocycles. The first-order chi connectivity index (χ1) is 9.24. The van der Waals surface area contributed by atoms with Crippen molar-refractivity contribution in [2.45, 2.75) is 13.2 Å². The van der Waals surface area contributed by atoms with Gasteiger partial charge in [-0.1, -0.05) is 12.1 Å². The molecule has 0 fully saturated rings. The largest absolute Gasteiger partial charge is 0.457 e. The van der Waals surface area contributed by atoms with Crippen molar-refractivity contribution in [1.29, 1.82) is 0 Å². The number of rotatable bonds is 3. The standard InChI is InChI=1S/C14H11NO4/c16-15(17)11-4-6-12(7-5-11)19-14-3-1-2-10-8-18-9-13(10)14/h1-7H,8-9H2. The fourth-order valence-corrected chi connectivity index (χ4v) is 2.03. The van der Waals surface area contributed by atoms with Crippen LogP contribution in [0.5, 0.6) is 11.5 Å². The molecule has 19 heavy (non-hydrogen) atoms. The smallest absolute Gasteiger partial charge is 0.269 e. The molecule has 1 aliphatic heterocycles. The van der Waals surface area contributed by atoms with Gasteiger partial charge in [-0.15, -0.1) is 0 Å². The second-order valence-electron chi connectivity index (χ2n) is 4.24. The summed E-state index contributed by atoms with van der Waals surface area (Å²) < 4.78 is 11.1. The lowest BCUT2D eigenvalue weighted by molar-refractivity contribution is -0.384. The Morgan fingerprint density at radius 3 is 2.63 bits per heavy atom. The van der Waals surface area contributed by atoms with Crippen molar-refractivity contribution in [3.63, 3.8) is 0 Å². The molecule has 0 aromatic heterocycles. The second-order valence-corrected chi connectivity index (χ2v) is 4.24. The maximum Gasteiger partial charge on any atom is 0.269 e. The lowest BCUT2D eigenvalue weighted by atomic mass is 10.1. The molecule has 2 aromatic rings. The Kier molecular flexibility index (Phi) is 2.89. The van der Waals surface area contributed by atoms with Crippen LogP contribution in [-0.4, -0.2) is 4.92 Å². The number of hydrogen-bond donors (Lipinski definition) is 0. The van der Waals surface area contributed by atoms with Crippen LogP contribution in [0, 0.1) is 10.1 Å². The zero-order chi connectivity index (χ0) is 13.2. The van der Waals surface area contributed by atoms with Gasteiger partial charge in [0.05, 0.1) is 18.1 Å². The van der Waals surface area contributed by atoms with E-state index in [0.717, 1.165) is 16.9 Å². The van der Waals surface area contributed by atoms with E-state index in [1.807, 2.05) is 18.2 Å². The molecule has 0 radical (unpaired) electrons. The van der Waals surface area contributed by atoms with Gasteiger partial charge >= 0.3 is 0 Å². The van der Waals surface area contributed by atoms with E-state index in [1.54, 1.807) is 12.1 Å². The third-order valence-corrected chi connectivity index (χ3v) is 3.01. The Bertz CT molecular complexity index is 622. The summed E-state index contributed by atoms with van der Waals surface area (Å²) in [5.41, 5.74) is 2.22. The maximum atomic E-state index is 10.6. The van der Waals surface area contributed by atoms with E-state index in [9.17, 15) is 10.1 Å². The number of fused-ring (bicyclic) bond motifs is 1. The van der Waals surface area contributed by atoms with E-state index >= 15 is 0 Å². The van der Waals surface area contributed by atoms with E-state index in [2.05, 4.69) is 0 Å². The van der Waals surface area contributed by atoms with Gasteiger partial charge in [0.25, 0.3) is 5.69 Å². The quantitative estimate of drug-likeness (QED) is 0.624. The fraction of sp³-hybridized carbons (Fsp3) is 0.143. The first-order valence-corrected chi connectivity index (χ1v) is 5.85. The van der Waals surface area contributed by atoms with Crippen LogP contribution >= 0.6 is 0 Å². The summed E-state index contributed by atoms with van der Waals surface area (Å²) >= 11 is 0. The lowest BCUT2D eigenvalue weighted by Crippen LogP contribution is -1.92. The maximum absolute atomic E-state index is 10.6. The molecular weight excluding hydrogens is 246 g/mol. The average Bonchev–Trinajstić information content (AvgIpc) is 2.89. The SMILES string of the molecule is O=[N+]([O-])c1ccc(Oc2cccc3c2COC3)cc1. The van der Waals surface area contributed by atoms with Crippen molar-refractivity contribution >= 4 is 5.69 Å². The third kappa shape index (κ3) is 2.28. The van der Waals surface area contributed by atoms with Gasteiger partial charge in [-0.25, -0.2) is 0 Å². The molecule has 0 unspecified atom stereocenters. The van der Waals surface area contributed by atoms with Crippen molar-refractivity contribution < 1.29 is 14.4 Å². The zero-order valence-electron chi connectivity index (χ0n) is 10.0. The second kappa shape index (κ2) is 4.70. The molecule has 1 aliphatic rings. The molecule has 0 N–H and O–H groups in total. The minimum absolute atomic E-state index is 0.0500. The van der Waals surface area contributed by atoms with Gasteiger partial charge < -0.3 is 9.47 Å². The molecule has 2 aromatic carbocycles. The van der Waals surface area contributed by atoms with E-state index < -0.39 is 4.92 Å². The van der Waals surface area contributed by atoms with Gasteiger partial charge in [0.15, 0.2) is 0 Å². The van der Waals surface area contributed by atoms with Crippen LogP contribution in [0.15, 0.2) is 42.5 Å². The number of non-ortho nitro benzene ring substituents is 1. The van der Waals surface area contributed by atoms with Crippen LogP contribution in [0.25, 0.3) is 0 Å². The number of hydrogen-bond acceptors (Lipinski definition) is 4. The Balaban J connectivity index is 1.86. The predicted molar refractivity (Wildman–Crippen MR) is 68.1 cm³/mol. The van der Waals surface area contributed by atoms with Crippen molar-refractivity contribution in [3.05, 3.63) is 63.7 Å². The van der Waals surface area contributed by atoms with E-state index in [4.69, 9.17) is 9.47 Å². The summed E-state index contributed by atoms with van der Waals surface area (Å²) in [6, 6.07) is 11.8. The number of ether oxygens (including phenoxy) is 2. The summed E-state index contributed by atoms with van der Waals surface area (Å²) in [5.74, 6) is 1.31. The lowest BCUT2D eigenvalue weighted by Gasteiger charge is -2.09. The molecule has 5 heteroatoms. The van der Waals surface area contributed by atoms with Crippen LogP contribution in [-0.2, 0) is 18.0 Å². The minimum atomic E-state index is -0.433. The molecule has 0 atom stereocenters. The highest BCUT2D eigenvalue weighted by molar-refractivity contribution is 5.45. The highest BCUT2D eigenvalue weighted by Crippen LogP contribution is 2.32. The summed E-state index contributed by atoms with van der Waals surface area (Å²) in [6.07, 6.45) is 0. The van der Waals surface area contributed by atoms with Gasteiger partial charge in [-0.3, -0.25) is 10.1 Å². The average molecular weight is 257 g/mol. The zero-order valence-corrected chi connectivity index (χ0v) is 10.0. The van der Waals surface area contributed by atoms with Gasteiger partial charge in [0.1, 0.15) is 11.5 Å². The summed E-state index contributed by atoms with van der Waals surface area (Å²) in [5, 5.41) is 10.6. The van der Waals surface area contributed by atoms with E-state index in [1.165, 1.54) is 12.1 Å². The molecule has 0 spiro atoms. The Morgan fingerprint density at radius 1 is 1.11 bits per heavy atom. The molecule has 0 bridgehead atoms. The first kappa shape index (κ1) is 11.7. The summed E-state index contributed by atoms with van der Waals surface area (Å²) in [7, 11) is 0. The van der Waals surface area contributed by atoms with Gasteiger partial charge in [-0.2, -0.15) is 0 Å². The van der Waals surface area contributed by atoms with Crippen molar-refractivity contribution in [1.82, 2.24) is 0 Å². The number of nitrogens with zero attached hydrogens (tertiary/aromatic N) is 1. The number of nitro groups is 1. The normalized spacial score (nSPS) is 13.1. The molecule has 0 saturated carbocycles. The van der Waals surface area contributed by atoms with E-state index in [0.29, 0.717) is 19.0 Å². The number of nitro benzene ring substituents is 1. The fourth-order valence-electron chi connectivity index (χ4n) is 2.03. The van der Waals surface area contributed by atoms with Crippen LogP contribution in [0.3, 0.4) is 0 Å². The molecular formula is C14H11NO4. The highest BCUT2D eigenvalue weighted by Gasteiger charge is 2.16. The van der Waals surface area contributed by atoms with E-state index in [-0.39, 0.29) is 5.69 Å². The van der Waals surface area contributed by atoms with Gasteiger partial charge in [0, 0.05) is 17.7 Å². The molecule has 1 heterocycles. The summed E-state index contributed by atoms with van der Waals surface area (Å²) in [4.78, 5) is 10.1. The Hall–Kier alpha value is -2.40. The monoisotopic (exact) mass is 257 g/mol. The van der Waals surface area contributed by atoms with Crippen LogP contribution in [0.4, 0.5) is 5.69 Å². The predicted octanol–water partition coefficient (Wildman–Crippen LogP) is 3.42. The topological polar surface area (TPSA) is 61.6 Å². The van der Waals surface area contributed by atoms with Crippen molar-refractivity contribution in [2.24, 2.45) is 0 Å². The van der Waals surface area contributed by atoms with Gasteiger partial charge in [0.2, 0.25) is 0 Å². The third-order valence-electron chi connectivity index (χ3n) is 3.01. The van der Waals surface area contributed by atoms with Crippen LogP contribution in [0.2, 0.25) is 0 Å².